The topological polar surface area (TPSA) is 65.8 Å². The van der Waals surface area contributed by atoms with Crippen molar-refractivity contribution in [2.45, 2.75) is 51.2 Å². The summed E-state index contributed by atoms with van der Waals surface area (Å²) in [6.07, 6.45) is 5.20. The number of nitrogens with one attached hydrogen (secondary N) is 1. The second-order valence-corrected chi connectivity index (χ2v) is 8.85. The summed E-state index contributed by atoms with van der Waals surface area (Å²) < 4.78 is 5.50. The summed E-state index contributed by atoms with van der Waals surface area (Å²) >= 11 is 1.77. The van der Waals surface area contributed by atoms with Crippen molar-refractivity contribution < 1.29 is 14.0 Å². The van der Waals surface area contributed by atoms with E-state index in [0.717, 1.165) is 38.0 Å². The molecule has 1 saturated carbocycles. The fourth-order valence-corrected chi connectivity index (χ4v) is 5.00. The summed E-state index contributed by atoms with van der Waals surface area (Å²) in [6.45, 7) is 4.54. The Kier molecular flexibility index (Phi) is 5.06. The summed E-state index contributed by atoms with van der Waals surface area (Å²) in [5, 5.41) is 2.95. The molecule has 1 saturated heterocycles. The third-order valence-electron chi connectivity index (χ3n) is 5.48. The van der Waals surface area contributed by atoms with Gasteiger partial charge in [-0.15, -0.1) is 11.3 Å². The van der Waals surface area contributed by atoms with Crippen LogP contribution in [0.5, 0.6) is 0 Å². The van der Waals surface area contributed by atoms with Crippen LogP contribution in [-0.2, 0) is 17.9 Å². The maximum atomic E-state index is 12.8. The molecule has 144 valence electrons. The van der Waals surface area contributed by atoms with Gasteiger partial charge in [0.1, 0.15) is 11.3 Å². The lowest BCUT2D eigenvalue weighted by Gasteiger charge is -2.24. The molecule has 6 nitrogen and oxygen atoms in total. The molecule has 2 aromatic rings. The molecule has 0 unspecified atom stereocenters. The van der Waals surface area contributed by atoms with E-state index in [-0.39, 0.29) is 11.9 Å². The molecule has 2 fully saturated rings. The van der Waals surface area contributed by atoms with Gasteiger partial charge in [0.2, 0.25) is 0 Å². The van der Waals surface area contributed by atoms with E-state index < -0.39 is 5.54 Å². The third kappa shape index (κ3) is 3.80. The normalized spacial score (nSPS) is 18.8. The number of nitrogens with zero attached hydrogens (tertiary/aromatic N) is 2. The molecule has 4 rings (SSSR count). The SMILES string of the molecule is Cc1ccc(CN(CCN2C(=O)NC3(CCCC3)C2=O)Cc2ccco2)s1. The van der Waals surface area contributed by atoms with Crippen molar-refractivity contribution in [2.75, 3.05) is 13.1 Å². The second-order valence-electron chi connectivity index (χ2n) is 7.48. The second kappa shape index (κ2) is 7.48. The van der Waals surface area contributed by atoms with Crippen LogP contribution >= 0.6 is 11.3 Å². The van der Waals surface area contributed by atoms with Crippen molar-refractivity contribution in [1.29, 1.82) is 0 Å². The molecule has 0 bridgehead atoms. The maximum Gasteiger partial charge on any atom is 0.325 e. The molecule has 1 spiro atoms. The Morgan fingerprint density at radius 2 is 2.04 bits per heavy atom. The van der Waals surface area contributed by atoms with Gasteiger partial charge in [0.25, 0.3) is 5.91 Å². The Morgan fingerprint density at radius 3 is 2.70 bits per heavy atom. The van der Waals surface area contributed by atoms with E-state index in [4.69, 9.17) is 4.42 Å². The Labute approximate surface area is 163 Å². The van der Waals surface area contributed by atoms with Crippen molar-refractivity contribution in [3.63, 3.8) is 0 Å². The first kappa shape index (κ1) is 18.3. The Bertz CT molecular complexity index is 808. The summed E-state index contributed by atoms with van der Waals surface area (Å²) in [5.41, 5.74) is -0.631. The molecule has 0 radical (unpaired) electrons. The van der Waals surface area contributed by atoms with Gasteiger partial charge in [-0.3, -0.25) is 14.6 Å². The number of aryl methyl sites for hydroxylation is 1. The van der Waals surface area contributed by atoms with Crippen LogP contribution in [0, 0.1) is 6.92 Å². The highest BCUT2D eigenvalue weighted by Gasteiger charge is 2.52. The predicted molar refractivity (Wildman–Crippen MR) is 103 cm³/mol. The molecule has 3 heterocycles. The van der Waals surface area contributed by atoms with Gasteiger partial charge in [0.15, 0.2) is 0 Å². The largest absolute Gasteiger partial charge is 0.468 e. The highest BCUT2D eigenvalue weighted by molar-refractivity contribution is 7.11. The van der Waals surface area contributed by atoms with Crippen LogP contribution in [0.3, 0.4) is 0 Å². The zero-order valence-corrected chi connectivity index (χ0v) is 16.4. The summed E-state index contributed by atoms with van der Waals surface area (Å²) in [7, 11) is 0. The van der Waals surface area contributed by atoms with Gasteiger partial charge in [-0.1, -0.05) is 12.8 Å². The summed E-state index contributed by atoms with van der Waals surface area (Å²) in [5.74, 6) is 0.836. The zero-order valence-electron chi connectivity index (χ0n) is 15.6. The third-order valence-corrected chi connectivity index (χ3v) is 6.46. The number of hydrogen-bond donors (Lipinski definition) is 1. The van der Waals surface area contributed by atoms with Gasteiger partial charge in [0, 0.05) is 29.4 Å². The molecule has 1 N–H and O–H groups in total. The Balaban J connectivity index is 1.43. The van der Waals surface area contributed by atoms with Crippen molar-refractivity contribution in [1.82, 2.24) is 15.1 Å². The lowest BCUT2D eigenvalue weighted by atomic mass is 9.98. The van der Waals surface area contributed by atoms with E-state index in [0.29, 0.717) is 19.6 Å². The quantitative estimate of drug-likeness (QED) is 0.739. The van der Waals surface area contributed by atoms with Crippen LogP contribution in [0.2, 0.25) is 0 Å². The lowest BCUT2D eigenvalue weighted by molar-refractivity contribution is -0.131. The molecule has 2 aromatic heterocycles. The van der Waals surface area contributed by atoms with Crippen molar-refractivity contribution >= 4 is 23.3 Å². The Hall–Kier alpha value is -2.12. The smallest absolute Gasteiger partial charge is 0.325 e. The van der Waals surface area contributed by atoms with Crippen LogP contribution in [0.15, 0.2) is 34.9 Å². The van der Waals surface area contributed by atoms with E-state index in [1.54, 1.807) is 17.6 Å². The molecule has 1 aliphatic carbocycles. The van der Waals surface area contributed by atoms with Crippen LogP contribution in [0.4, 0.5) is 4.79 Å². The highest BCUT2D eigenvalue weighted by Crippen LogP contribution is 2.35. The van der Waals surface area contributed by atoms with Crippen LogP contribution < -0.4 is 5.32 Å². The zero-order chi connectivity index (χ0) is 18.9. The van der Waals surface area contributed by atoms with Crippen LogP contribution in [0.1, 0.15) is 41.2 Å². The number of urea groups is 1. The average molecular weight is 388 g/mol. The van der Waals surface area contributed by atoms with Gasteiger partial charge < -0.3 is 9.73 Å². The predicted octanol–water partition coefficient (Wildman–Crippen LogP) is 3.52. The lowest BCUT2D eigenvalue weighted by Crippen LogP contribution is -2.44. The van der Waals surface area contributed by atoms with Crippen LogP contribution in [0.25, 0.3) is 0 Å². The highest BCUT2D eigenvalue weighted by atomic mass is 32.1. The summed E-state index contributed by atoms with van der Waals surface area (Å²) in [4.78, 5) is 31.4. The average Bonchev–Trinajstić information content (AvgIpc) is 3.40. The summed E-state index contributed by atoms with van der Waals surface area (Å²) in [6, 6.07) is 7.84. The van der Waals surface area contributed by atoms with E-state index in [9.17, 15) is 9.59 Å². The minimum absolute atomic E-state index is 0.0464. The number of amides is 3. The van der Waals surface area contributed by atoms with Gasteiger partial charge in [-0.2, -0.15) is 0 Å². The minimum atomic E-state index is -0.631. The molecule has 0 atom stereocenters. The van der Waals surface area contributed by atoms with E-state index in [2.05, 4.69) is 29.3 Å². The van der Waals surface area contributed by atoms with Gasteiger partial charge in [-0.05, 0) is 44.0 Å². The van der Waals surface area contributed by atoms with E-state index >= 15 is 0 Å². The van der Waals surface area contributed by atoms with Crippen molar-refractivity contribution in [3.8, 4) is 0 Å². The molecule has 2 aliphatic rings. The standard InChI is InChI=1S/C20H25N3O3S/c1-15-6-7-17(27-15)14-22(13-16-5-4-12-26-16)10-11-23-18(24)20(21-19(23)25)8-2-3-9-20/h4-7,12H,2-3,8-11,13-14H2,1H3,(H,21,25). The molecule has 1 aliphatic heterocycles. The first-order valence-corrected chi connectivity index (χ1v) is 10.3. The molecule has 3 amide bonds. The molecule has 0 aromatic carbocycles. The molecule has 7 heteroatoms. The number of hydrogen-bond acceptors (Lipinski definition) is 5. The minimum Gasteiger partial charge on any atom is -0.468 e. The first-order chi connectivity index (χ1) is 13.1. The van der Waals surface area contributed by atoms with Gasteiger partial charge in [-0.25, -0.2) is 4.79 Å². The number of imide groups is 1. The van der Waals surface area contributed by atoms with E-state index in [1.807, 2.05) is 12.1 Å². The van der Waals surface area contributed by atoms with E-state index in [1.165, 1.54) is 14.7 Å². The van der Waals surface area contributed by atoms with Crippen molar-refractivity contribution in [3.05, 3.63) is 46.0 Å². The molecule has 27 heavy (non-hydrogen) atoms. The first-order valence-electron chi connectivity index (χ1n) is 9.50. The van der Waals surface area contributed by atoms with Gasteiger partial charge in [0.05, 0.1) is 12.8 Å². The number of furan rings is 1. The number of rotatable bonds is 7. The monoisotopic (exact) mass is 387 g/mol. The van der Waals surface area contributed by atoms with Crippen molar-refractivity contribution in [2.24, 2.45) is 0 Å². The fourth-order valence-electron chi connectivity index (χ4n) is 4.07. The molecular formula is C20H25N3O3S. The fraction of sp³-hybridized carbons (Fsp3) is 0.500. The maximum absolute atomic E-state index is 12.8. The molecular weight excluding hydrogens is 362 g/mol. The number of carbonyl (C=O) groups excluding carboxylic acids is 2. The Morgan fingerprint density at radius 1 is 1.22 bits per heavy atom. The number of thiophene rings is 1. The van der Waals surface area contributed by atoms with Crippen LogP contribution in [-0.4, -0.2) is 40.4 Å². The number of carbonyl (C=O) groups is 2. The van der Waals surface area contributed by atoms with Gasteiger partial charge >= 0.3 is 6.03 Å².